The smallest absolute Gasteiger partial charge is 0.357 e. The minimum absolute atomic E-state index is 0.253. The summed E-state index contributed by atoms with van der Waals surface area (Å²) in [6.07, 6.45) is 7.43. The van der Waals surface area contributed by atoms with E-state index in [1.807, 2.05) is 92.0 Å². The van der Waals surface area contributed by atoms with Crippen molar-refractivity contribution in [2.45, 2.75) is 89.8 Å². The number of piperidine rings is 1. The lowest BCUT2D eigenvalue weighted by Crippen LogP contribution is -2.43. The van der Waals surface area contributed by atoms with Gasteiger partial charge in [-0.05, 0) is 80.8 Å². The van der Waals surface area contributed by atoms with Crippen molar-refractivity contribution in [3.05, 3.63) is 89.7 Å². The number of nitrogens with zero attached hydrogens (tertiary/aromatic N) is 8. The van der Waals surface area contributed by atoms with E-state index >= 15 is 0 Å². The molecule has 1 N–H and O–H groups in total. The van der Waals surface area contributed by atoms with E-state index in [0.717, 1.165) is 86.4 Å². The third-order valence-corrected chi connectivity index (χ3v) is 11.5. The van der Waals surface area contributed by atoms with E-state index in [2.05, 4.69) is 32.2 Å². The first-order valence-corrected chi connectivity index (χ1v) is 20.9. The molecular weight excluding hydrogens is 751 g/mol. The largest absolute Gasteiger partial charge is 0.492 e. The fourth-order valence-corrected chi connectivity index (χ4v) is 8.26. The normalized spacial score (nSPS) is 20.1. The van der Waals surface area contributed by atoms with Crippen LogP contribution in [0.1, 0.15) is 95.2 Å². The number of benzene rings is 2. The SMILES string of the molecule is C[C@H]1CCCCN1c1nnc2ccc(O[C@@H]3CC[C@H](NC(=O)N(OC=O)c4cc(C(C)(C)C)nn4-c4cccc(OCCN5CCCOCC5)c4)c4ccccc43)cn12. The highest BCUT2D eigenvalue weighted by molar-refractivity contribution is 5.90. The fourth-order valence-electron chi connectivity index (χ4n) is 8.26. The first-order chi connectivity index (χ1) is 28.7. The summed E-state index contributed by atoms with van der Waals surface area (Å²) in [7, 11) is 0. The summed E-state index contributed by atoms with van der Waals surface area (Å²) < 4.78 is 22.1. The number of urea groups is 1. The molecule has 8 rings (SSSR count). The minimum Gasteiger partial charge on any atom is -0.492 e. The Bertz CT molecular complexity index is 2230. The van der Waals surface area contributed by atoms with Gasteiger partial charge in [0.2, 0.25) is 5.95 Å². The van der Waals surface area contributed by atoms with Gasteiger partial charge in [0.1, 0.15) is 24.2 Å². The number of anilines is 2. The number of nitrogens with one attached hydrogen (secondary N) is 1. The Morgan fingerprint density at radius 2 is 1.80 bits per heavy atom. The van der Waals surface area contributed by atoms with Crippen LogP contribution in [0.5, 0.6) is 11.5 Å². The number of ether oxygens (including phenoxy) is 3. The summed E-state index contributed by atoms with van der Waals surface area (Å²) in [5.74, 6) is 2.47. The molecule has 2 fully saturated rings. The van der Waals surface area contributed by atoms with E-state index in [1.165, 1.54) is 6.42 Å². The highest BCUT2D eigenvalue weighted by atomic mass is 16.7. The average molecular weight is 806 g/mol. The van der Waals surface area contributed by atoms with Crippen LogP contribution in [-0.2, 0) is 19.8 Å². The van der Waals surface area contributed by atoms with Crippen LogP contribution in [0.25, 0.3) is 11.3 Å². The molecular formula is C44H55N9O6. The molecule has 0 spiro atoms. The quantitative estimate of drug-likeness (QED) is 0.104. The van der Waals surface area contributed by atoms with Crippen LogP contribution < -0.4 is 24.8 Å². The second kappa shape index (κ2) is 17.7. The number of pyridine rings is 1. The van der Waals surface area contributed by atoms with Gasteiger partial charge in [-0.2, -0.15) is 5.10 Å². The van der Waals surface area contributed by atoms with E-state index < -0.39 is 6.03 Å². The topological polar surface area (TPSA) is 141 Å². The van der Waals surface area contributed by atoms with Crippen molar-refractivity contribution >= 4 is 29.9 Å². The lowest BCUT2D eigenvalue weighted by Gasteiger charge is -2.34. The highest BCUT2D eigenvalue weighted by Crippen LogP contribution is 2.40. The molecule has 5 aromatic rings. The van der Waals surface area contributed by atoms with Crippen LogP contribution >= 0.6 is 0 Å². The number of amides is 2. The van der Waals surface area contributed by atoms with Crippen LogP contribution in [0.15, 0.2) is 72.9 Å². The second-order valence-electron chi connectivity index (χ2n) is 16.6. The Hall–Kier alpha value is -5.67. The number of hydrogen-bond acceptors (Lipinski definition) is 11. The Morgan fingerprint density at radius 3 is 2.63 bits per heavy atom. The molecule has 0 bridgehead atoms. The average Bonchev–Trinajstić information content (AvgIpc) is 3.78. The van der Waals surface area contributed by atoms with Gasteiger partial charge in [0.15, 0.2) is 11.5 Å². The maximum Gasteiger partial charge on any atom is 0.357 e. The molecule has 15 heteroatoms. The molecule has 312 valence electrons. The molecule has 15 nitrogen and oxygen atoms in total. The zero-order chi connectivity index (χ0) is 40.9. The van der Waals surface area contributed by atoms with Gasteiger partial charge in [-0.25, -0.2) is 9.48 Å². The van der Waals surface area contributed by atoms with Crippen molar-refractivity contribution in [1.29, 1.82) is 0 Å². The van der Waals surface area contributed by atoms with Crippen molar-refractivity contribution in [2.75, 3.05) is 56.0 Å². The fraction of sp³-hybridized carbons (Fsp3) is 0.477. The maximum absolute atomic E-state index is 14.3. The summed E-state index contributed by atoms with van der Waals surface area (Å²) in [6.45, 7) is 14.2. The monoisotopic (exact) mass is 805 g/mol. The summed E-state index contributed by atoms with van der Waals surface area (Å²) in [5, 5.41) is 18.0. The van der Waals surface area contributed by atoms with Crippen LogP contribution in [0, 0.1) is 0 Å². The van der Waals surface area contributed by atoms with Crippen molar-refractivity contribution in [3.63, 3.8) is 0 Å². The first-order valence-electron chi connectivity index (χ1n) is 20.9. The van der Waals surface area contributed by atoms with Gasteiger partial charge < -0.3 is 29.3 Å². The molecule has 0 unspecified atom stereocenters. The van der Waals surface area contributed by atoms with Crippen molar-refractivity contribution in [2.24, 2.45) is 0 Å². The standard InChI is InChI=1S/C44H55N9O6/c1-31-11-7-8-21-50(31)42-47-46-40-19-16-34(29-51(40)42)59-38-18-17-37(35-14-5-6-15-36(35)38)45-43(55)53(58-30-54)41-28-39(44(2,3)4)48-52(41)32-12-9-13-33(27-32)57-26-23-49-20-10-24-56-25-22-49/h5-6,9,12-16,19,27-31,37-38H,7-8,10-11,17-18,20-26H2,1-4H3,(H,45,55)/t31-,37-,38+/m0/s1. The molecule has 2 saturated heterocycles. The molecule has 2 amide bonds. The van der Waals surface area contributed by atoms with Gasteiger partial charge in [0.05, 0.1) is 30.2 Å². The van der Waals surface area contributed by atoms with Gasteiger partial charge in [0, 0.05) is 56.4 Å². The van der Waals surface area contributed by atoms with E-state index in [1.54, 1.807) is 10.7 Å². The zero-order valence-electron chi connectivity index (χ0n) is 34.5. The molecule has 1 aliphatic carbocycles. The number of carbonyl (C=O) groups excluding carboxylic acids is 2. The molecule has 2 aliphatic heterocycles. The molecule has 0 radical (unpaired) electrons. The number of hydroxylamine groups is 1. The van der Waals surface area contributed by atoms with Gasteiger partial charge in [-0.15, -0.1) is 15.3 Å². The van der Waals surface area contributed by atoms with Crippen LogP contribution in [0.3, 0.4) is 0 Å². The molecule has 3 atom stereocenters. The van der Waals surface area contributed by atoms with E-state index in [-0.39, 0.29) is 29.9 Å². The number of carbonyl (C=O) groups is 2. The molecule has 3 aliphatic rings. The van der Waals surface area contributed by atoms with Crippen molar-refractivity contribution in [1.82, 2.24) is 34.6 Å². The van der Waals surface area contributed by atoms with Crippen LogP contribution in [-0.4, -0.2) is 93.8 Å². The first kappa shape index (κ1) is 40.1. The number of fused-ring (bicyclic) bond motifs is 2. The summed E-state index contributed by atoms with van der Waals surface area (Å²) in [6, 6.07) is 20.6. The summed E-state index contributed by atoms with van der Waals surface area (Å²) >= 11 is 0. The predicted octanol–water partition coefficient (Wildman–Crippen LogP) is 6.95. The lowest BCUT2D eigenvalue weighted by atomic mass is 9.85. The lowest BCUT2D eigenvalue weighted by molar-refractivity contribution is -0.129. The molecule has 5 heterocycles. The van der Waals surface area contributed by atoms with Gasteiger partial charge in [0.25, 0.3) is 0 Å². The summed E-state index contributed by atoms with van der Waals surface area (Å²) in [5.41, 5.74) is 3.65. The van der Waals surface area contributed by atoms with Gasteiger partial charge >= 0.3 is 12.5 Å². The van der Waals surface area contributed by atoms with Crippen LogP contribution in [0.2, 0.25) is 0 Å². The molecule has 59 heavy (non-hydrogen) atoms. The van der Waals surface area contributed by atoms with Crippen molar-refractivity contribution in [3.8, 4) is 17.2 Å². The highest BCUT2D eigenvalue weighted by Gasteiger charge is 2.34. The molecule has 3 aromatic heterocycles. The molecule has 0 saturated carbocycles. The second-order valence-corrected chi connectivity index (χ2v) is 16.6. The Labute approximate surface area is 345 Å². The number of rotatable bonds is 12. The van der Waals surface area contributed by atoms with Gasteiger partial charge in [-0.1, -0.05) is 51.1 Å². The van der Waals surface area contributed by atoms with Crippen LogP contribution in [0.4, 0.5) is 16.6 Å². The van der Waals surface area contributed by atoms with E-state index in [4.69, 9.17) is 24.1 Å². The number of hydrogen-bond donors (Lipinski definition) is 1. The van der Waals surface area contributed by atoms with E-state index in [9.17, 15) is 9.59 Å². The third kappa shape index (κ3) is 9.00. The minimum atomic E-state index is -0.607. The Morgan fingerprint density at radius 1 is 0.932 bits per heavy atom. The number of aromatic nitrogens is 5. The Balaban J connectivity index is 1.01. The summed E-state index contributed by atoms with van der Waals surface area (Å²) in [4.78, 5) is 36.5. The third-order valence-electron chi connectivity index (χ3n) is 11.5. The molecule has 2 aromatic carbocycles. The van der Waals surface area contributed by atoms with Crippen molar-refractivity contribution < 1.29 is 28.6 Å². The van der Waals surface area contributed by atoms with Gasteiger partial charge in [-0.3, -0.25) is 14.1 Å². The van der Waals surface area contributed by atoms with E-state index in [0.29, 0.717) is 48.4 Å². The Kier molecular flexibility index (Phi) is 12.0. The predicted molar refractivity (Wildman–Crippen MR) is 223 cm³/mol. The maximum atomic E-state index is 14.3. The zero-order valence-corrected chi connectivity index (χ0v) is 34.5.